The number of carbonyl (C=O) groups is 1. The Kier molecular flexibility index (Phi) is 4.80. The van der Waals surface area contributed by atoms with E-state index < -0.39 is 6.10 Å². The summed E-state index contributed by atoms with van der Waals surface area (Å²) in [6.45, 7) is 2.37. The molecule has 0 spiro atoms. The number of hydrogen-bond acceptors (Lipinski definition) is 2. The number of nitrogens with zero attached hydrogens (tertiary/aromatic N) is 1. The molecule has 0 aliphatic carbocycles. The SMILES string of the molecule is CC(Oc1cccc2ccccc12)C(=O)N(C)Cc1ccccc1. The minimum Gasteiger partial charge on any atom is -0.480 e. The third kappa shape index (κ3) is 3.57. The van der Waals surface area contributed by atoms with Gasteiger partial charge in [0, 0.05) is 19.0 Å². The first-order chi connectivity index (χ1) is 11.6. The average Bonchev–Trinajstić information content (AvgIpc) is 2.62. The number of benzene rings is 3. The molecule has 1 unspecified atom stereocenters. The fourth-order valence-corrected chi connectivity index (χ4v) is 2.78. The highest BCUT2D eigenvalue weighted by molar-refractivity contribution is 5.89. The van der Waals surface area contributed by atoms with Gasteiger partial charge in [-0.15, -0.1) is 0 Å². The molecule has 0 fully saturated rings. The molecular formula is C21H21NO2. The predicted molar refractivity (Wildman–Crippen MR) is 97.0 cm³/mol. The lowest BCUT2D eigenvalue weighted by Gasteiger charge is -2.22. The molecule has 3 aromatic carbocycles. The van der Waals surface area contributed by atoms with Crippen LogP contribution in [0.4, 0.5) is 0 Å². The highest BCUT2D eigenvalue weighted by atomic mass is 16.5. The Bertz CT molecular complexity index is 824. The van der Waals surface area contributed by atoms with Crippen LogP contribution in [0.2, 0.25) is 0 Å². The fraction of sp³-hybridized carbons (Fsp3) is 0.190. The van der Waals surface area contributed by atoms with Crippen molar-refractivity contribution in [1.82, 2.24) is 4.90 Å². The van der Waals surface area contributed by atoms with Crippen LogP contribution in [0.3, 0.4) is 0 Å². The van der Waals surface area contributed by atoms with Crippen LogP contribution in [-0.2, 0) is 11.3 Å². The number of likely N-dealkylation sites (N-methyl/N-ethyl adjacent to an activating group) is 1. The van der Waals surface area contributed by atoms with Gasteiger partial charge in [0.1, 0.15) is 5.75 Å². The fourth-order valence-electron chi connectivity index (χ4n) is 2.78. The summed E-state index contributed by atoms with van der Waals surface area (Å²) in [5.41, 5.74) is 1.10. The second kappa shape index (κ2) is 7.18. The van der Waals surface area contributed by atoms with Crippen LogP contribution >= 0.6 is 0 Å². The van der Waals surface area contributed by atoms with Crippen LogP contribution in [0.15, 0.2) is 72.8 Å². The van der Waals surface area contributed by atoms with Gasteiger partial charge in [-0.25, -0.2) is 0 Å². The molecule has 0 saturated carbocycles. The van der Waals surface area contributed by atoms with Crippen molar-refractivity contribution in [1.29, 1.82) is 0 Å². The largest absolute Gasteiger partial charge is 0.480 e. The molecule has 3 rings (SSSR count). The van der Waals surface area contributed by atoms with Gasteiger partial charge in [-0.1, -0.05) is 66.7 Å². The highest BCUT2D eigenvalue weighted by Crippen LogP contribution is 2.26. The lowest BCUT2D eigenvalue weighted by molar-refractivity contribution is -0.137. The Morgan fingerprint density at radius 3 is 2.42 bits per heavy atom. The van der Waals surface area contributed by atoms with Gasteiger partial charge in [0.2, 0.25) is 0 Å². The van der Waals surface area contributed by atoms with E-state index in [4.69, 9.17) is 4.74 Å². The van der Waals surface area contributed by atoms with Crippen molar-refractivity contribution in [2.24, 2.45) is 0 Å². The van der Waals surface area contributed by atoms with Gasteiger partial charge in [0.15, 0.2) is 6.10 Å². The van der Waals surface area contributed by atoms with E-state index in [9.17, 15) is 4.79 Å². The molecule has 1 atom stereocenters. The minimum atomic E-state index is -0.537. The van der Waals surface area contributed by atoms with Gasteiger partial charge >= 0.3 is 0 Å². The van der Waals surface area contributed by atoms with E-state index in [2.05, 4.69) is 0 Å². The summed E-state index contributed by atoms with van der Waals surface area (Å²) in [4.78, 5) is 14.3. The van der Waals surface area contributed by atoms with E-state index in [0.29, 0.717) is 6.54 Å². The molecule has 0 aliphatic rings. The maximum Gasteiger partial charge on any atom is 0.263 e. The molecule has 0 saturated heterocycles. The number of ether oxygens (including phenoxy) is 1. The first-order valence-electron chi connectivity index (χ1n) is 8.08. The van der Waals surface area contributed by atoms with Gasteiger partial charge in [0.25, 0.3) is 5.91 Å². The van der Waals surface area contributed by atoms with Gasteiger partial charge in [0.05, 0.1) is 0 Å². The van der Waals surface area contributed by atoms with Crippen molar-refractivity contribution in [3.63, 3.8) is 0 Å². The monoisotopic (exact) mass is 319 g/mol. The summed E-state index contributed by atoms with van der Waals surface area (Å²) in [5.74, 6) is 0.703. The van der Waals surface area contributed by atoms with Crippen molar-refractivity contribution < 1.29 is 9.53 Å². The normalized spacial score (nSPS) is 11.9. The molecular weight excluding hydrogens is 298 g/mol. The van der Waals surface area contributed by atoms with Crippen LogP contribution in [-0.4, -0.2) is 24.0 Å². The average molecular weight is 319 g/mol. The van der Waals surface area contributed by atoms with Crippen molar-refractivity contribution in [3.05, 3.63) is 78.4 Å². The summed E-state index contributed by atoms with van der Waals surface area (Å²) in [6, 6.07) is 23.9. The zero-order chi connectivity index (χ0) is 16.9. The van der Waals surface area contributed by atoms with Crippen LogP contribution in [0.5, 0.6) is 5.75 Å². The minimum absolute atomic E-state index is 0.0354. The molecule has 1 amide bonds. The maximum atomic E-state index is 12.6. The van der Waals surface area contributed by atoms with E-state index in [1.807, 2.05) is 72.8 Å². The Labute approximate surface area is 142 Å². The Hall–Kier alpha value is -2.81. The quantitative estimate of drug-likeness (QED) is 0.703. The third-order valence-corrected chi connectivity index (χ3v) is 4.04. The summed E-state index contributed by atoms with van der Waals surface area (Å²) in [6.07, 6.45) is -0.537. The Balaban J connectivity index is 1.71. The second-order valence-electron chi connectivity index (χ2n) is 5.92. The Morgan fingerprint density at radius 1 is 0.958 bits per heavy atom. The van der Waals surface area contributed by atoms with Gasteiger partial charge in [-0.05, 0) is 23.9 Å². The number of rotatable bonds is 5. The molecule has 0 bridgehead atoms. The zero-order valence-electron chi connectivity index (χ0n) is 14.0. The zero-order valence-corrected chi connectivity index (χ0v) is 14.0. The summed E-state index contributed by atoms with van der Waals surface area (Å²) in [5, 5.41) is 2.12. The van der Waals surface area contributed by atoms with E-state index in [1.54, 1.807) is 18.9 Å². The molecule has 122 valence electrons. The number of hydrogen-bond donors (Lipinski definition) is 0. The molecule has 3 heteroatoms. The third-order valence-electron chi connectivity index (χ3n) is 4.04. The van der Waals surface area contributed by atoms with Crippen molar-refractivity contribution in [2.45, 2.75) is 19.6 Å². The molecule has 0 N–H and O–H groups in total. The first-order valence-corrected chi connectivity index (χ1v) is 8.08. The second-order valence-corrected chi connectivity index (χ2v) is 5.92. The first kappa shape index (κ1) is 16.1. The molecule has 0 aromatic heterocycles. The summed E-state index contributed by atoms with van der Waals surface area (Å²) < 4.78 is 5.96. The van der Waals surface area contributed by atoms with Gasteiger partial charge in [-0.3, -0.25) is 4.79 Å². The van der Waals surface area contributed by atoms with Gasteiger partial charge in [-0.2, -0.15) is 0 Å². The van der Waals surface area contributed by atoms with Gasteiger partial charge < -0.3 is 9.64 Å². The van der Waals surface area contributed by atoms with E-state index in [-0.39, 0.29) is 5.91 Å². The van der Waals surface area contributed by atoms with Crippen molar-refractivity contribution >= 4 is 16.7 Å². The van der Waals surface area contributed by atoms with Crippen molar-refractivity contribution in [3.8, 4) is 5.75 Å². The number of amides is 1. The summed E-state index contributed by atoms with van der Waals surface area (Å²) in [7, 11) is 1.80. The van der Waals surface area contributed by atoms with E-state index >= 15 is 0 Å². The van der Waals surface area contributed by atoms with E-state index in [1.165, 1.54) is 0 Å². The lowest BCUT2D eigenvalue weighted by Crippen LogP contribution is -2.37. The molecule has 0 heterocycles. The maximum absolute atomic E-state index is 12.6. The number of fused-ring (bicyclic) bond motifs is 1. The molecule has 3 nitrogen and oxygen atoms in total. The molecule has 3 aromatic rings. The van der Waals surface area contributed by atoms with Crippen LogP contribution in [0.25, 0.3) is 10.8 Å². The smallest absolute Gasteiger partial charge is 0.263 e. The Morgan fingerprint density at radius 2 is 1.62 bits per heavy atom. The predicted octanol–water partition coefficient (Wildman–Crippen LogP) is 4.27. The van der Waals surface area contributed by atoms with Crippen LogP contribution < -0.4 is 4.74 Å². The molecule has 0 radical (unpaired) electrons. The van der Waals surface area contributed by atoms with E-state index in [0.717, 1.165) is 22.1 Å². The van der Waals surface area contributed by atoms with Crippen LogP contribution in [0.1, 0.15) is 12.5 Å². The molecule has 0 aliphatic heterocycles. The standard InChI is InChI=1S/C21H21NO2/c1-16(21(23)22(2)15-17-9-4-3-5-10-17)24-20-14-8-12-18-11-6-7-13-19(18)20/h3-14,16H,15H2,1-2H3. The molecule has 24 heavy (non-hydrogen) atoms. The summed E-state index contributed by atoms with van der Waals surface area (Å²) >= 11 is 0. The van der Waals surface area contributed by atoms with Crippen molar-refractivity contribution in [2.75, 3.05) is 7.05 Å². The lowest BCUT2D eigenvalue weighted by atomic mass is 10.1. The number of carbonyl (C=O) groups excluding carboxylic acids is 1. The van der Waals surface area contributed by atoms with Crippen LogP contribution in [0, 0.1) is 0 Å². The highest BCUT2D eigenvalue weighted by Gasteiger charge is 2.20. The topological polar surface area (TPSA) is 29.5 Å².